The first-order valence-electron chi connectivity index (χ1n) is 12.8. The maximum absolute atomic E-state index is 13.6. The van der Waals surface area contributed by atoms with Gasteiger partial charge in [0, 0.05) is 5.69 Å². The molecule has 5 rings (SSSR count). The molecule has 1 aliphatic heterocycles. The van der Waals surface area contributed by atoms with E-state index in [1.165, 1.54) is 35.3 Å². The third kappa shape index (κ3) is 7.89. The standard InChI is InChI=1S/C29H20F6N6O3S/c1-17-2-12-22(28(30,31)32)23(14-17)41-25(42)15-45-27(41)38-26(43)37-19-6-3-18(4-7-19)5-13-24-36-16-40(39-24)20-8-10-21(11-9-20)44-29(33,34)35/h2-14,16H,15H2,1H3,(H,37,43)/b13-5+,38-27-. The molecule has 9 nitrogen and oxygen atoms in total. The van der Waals surface area contributed by atoms with Crippen molar-refractivity contribution >= 4 is 52.4 Å². The maximum Gasteiger partial charge on any atom is 0.573 e. The van der Waals surface area contributed by atoms with Crippen molar-refractivity contribution in [1.82, 2.24) is 14.8 Å². The Morgan fingerprint density at radius 2 is 1.71 bits per heavy atom. The number of carbonyl (C=O) groups is 2. The first kappa shape index (κ1) is 31.3. The Morgan fingerprint density at radius 3 is 2.38 bits per heavy atom. The molecule has 45 heavy (non-hydrogen) atoms. The fourth-order valence-electron chi connectivity index (χ4n) is 4.11. The van der Waals surface area contributed by atoms with Crippen molar-refractivity contribution in [3.8, 4) is 11.4 Å². The lowest BCUT2D eigenvalue weighted by atomic mass is 10.1. The smallest absolute Gasteiger partial charge is 0.406 e. The zero-order chi connectivity index (χ0) is 32.4. The first-order valence-corrected chi connectivity index (χ1v) is 13.8. The van der Waals surface area contributed by atoms with Gasteiger partial charge in [0.15, 0.2) is 11.0 Å². The molecule has 0 radical (unpaired) electrons. The number of amidine groups is 1. The minimum absolute atomic E-state index is 0.172. The minimum atomic E-state index is -4.79. The van der Waals surface area contributed by atoms with Gasteiger partial charge in [0.05, 0.1) is 22.7 Å². The highest BCUT2D eigenvalue weighted by molar-refractivity contribution is 8.15. The van der Waals surface area contributed by atoms with E-state index >= 15 is 0 Å². The van der Waals surface area contributed by atoms with Crippen LogP contribution in [0.25, 0.3) is 17.8 Å². The van der Waals surface area contributed by atoms with Crippen molar-refractivity contribution in [2.75, 3.05) is 16.0 Å². The molecule has 0 aliphatic carbocycles. The third-order valence-electron chi connectivity index (χ3n) is 6.09. The molecule has 16 heteroatoms. The second-order valence-electron chi connectivity index (χ2n) is 9.41. The summed E-state index contributed by atoms with van der Waals surface area (Å²) in [4.78, 5) is 34.0. The van der Waals surface area contributed by atoms with Gasteiger partial charge < -0.3 is 10.1 Å². The number of amides is 3. The molecule has 3 amide bonds. The number of halogens is 6. The van der Waals surface area contributed by atoms with Gasteiger partial charge >= 0.3 is 18.6 Å². The number of aryl methyl sites for hydroxylation is 1. The fourth-order valence-corrected chi connectivity index (χ4v) is 4.97. The fraction of sp³-hybridized carbons (Fsp3) is 0.138. The van der Waals surface area contributed by atoms with Gasteiger partial charge in [0.2, 0.25) is 5.91 Å². The van der Waals surface area contributed by atoms with Crippen LogP contribution < -0.4 is 15.0 Å². The van der Waals surface area contributed by atoms with E-state index < -0.39 is 35.7 Å². The highest BCUT2D eigenvalue weighted by atomic mass is 32.2. The number of aliphatic imine (C=N–C) groups is 1. The predicted octanol–water partition coefficient (Wildman–Crippen LogP) is 7.33. The predicted molar refractivity (Wildman–Crippen MR) is 156 cm³/mol. The quantitative estimate of drug-likeness (QED) is 0.220. The molecule has 1 aromatic heterocycles. The molecule has 3 aromatic carbocycles. The van der Waals surface area contributed by atoms with E-state index in [1.54, 1.807) is 43.3 Å². The van der Waals surface area contributed by atoms with Crippen LogP contribution in [0.3, 0.4) is 0 Å². The average Bonchev–Trinajstić information content (AvgIpc) is 3.58. The van der Waals surface area contributed by atoms with Crippen LogP contribution in [-0.2, 0) is 11.0 Å². The lowest BCUT2D eigenvalue weighted by Crippen LogP contribution is -2.32. The van der Waals surface area contributed by atoms with Crippen molar-refractivity contribution in [2.24, 2.45) is 4.99 Å². The molecule has 1 saturated heterocycles. The van der Waals surface area contributed by atoms with Crippen molar-refractivity contribution in [2.45, 2.75) is 19.5 Å². The number of rotatable bonds is 6. The van der Waals surface area contributed by atoms with E-state index in [-0.39, 0.29) is 16.7 Å². The number of urea groups is 1. The number of anilines is 2. The summed E-state index contributed by atoms with van der Waals surface area (Å²) >= 11 is 0.856. The summed E-state index contributed by atoms with van der Waals surface area (Å²) in [5.74, 6) is -0.857. The van der Waals surface area contributed by atoms with Gasteiger partial charge in [-0.25, -0.2) is 14.5 Å². The van der Waals surface area contributed by atoms with Crippen LogP contribution in [-0.4, -0.2) is 44.0 Å². The molecular weight excluding hydrogens is 626 g/mol. The number of alkyl halides is 6. The Hall–Kier alpha value is -5.12. The summed E-state index contributed by atoms with van der Waals surface area (Å²) < 4.78 is 83.2. The topological polar surface area (TPSA) is 102 Å². The number of benzene rings is 3. The van der Waals surface area contributed by atoms with Gasteiger partial charge in [-0.1, -0.05) is 36.0 Å². The van der Waals surface area contributed by atoms with Crippen LogP contribution in [0.4, 0.5) is 42.5 Å². The molecule has 0 spiro atoms. The number of nitrogens with one attached hydrogen (secondary N) is 1. The summed E-state index contributed by atoms with van der Waals surface area (Å²) in [6.45, 7) is 1.59. The van der Waals surface area contributed by atoms with Crippen LogP contribution in [0.2, 0.25) is 0 Å². The Morgan fingerprint density at radius 1 is 1.00 bits per heavy atom. The Labute approximate surface area is 255 Å². The van der Waals surface area contributed by atoms with E-state index in [0.29, 0.717) is 28.3 Å². The maximum atomic E-state index is 13.6. The largest absolute Gasteiger partial charge is 0.573 e. The zero-order valence-electron chi connectivity index (χ0n) is 22.9. The highest BCUT2D eigenvalue weighted by Crippen LogP contribution is 2.40. The van der Waals surface area contributed by atoms with E-state index in [2.05, 4.69) is 25.1 Å². The molecular formula is C29H20F6N6O3S. The minimum Gasteiger partial charge on any atom is -0.406 e. The van der Waals surface area contributed by atoms with Crippen molar-refractivity contribution in [3.05, 3.63) is 95.6 Å². The van der Waals surface area contributed by atoms with Gasteiger partial charge in [-0.2, -0.15) is 18.2 Å². The number of ether oxygens (including phenoxy) is 1. The van der Waals surface area contributed by atoms with Gasteiger partial charge in [-0.05, 0) is 72.7 Å². The number of carbonyl (C=O) groups excluding carboxylic acids is 2. The van der Waals surface area contributed by atoms with Crippen LogP contribution in [0.1, 0.15) is 22.5 Å². The van der Waals surface area contributed by atoms with Crippen molar-refractivity contribution < 1.29 is 40.7 Å². The number of nitrogens with zero attached hydrogens (tertiary/aromatic N) is 5. The van der Waals surface area contributed by atoms with Gasteiger partial charge in [0.1, 0.15) is 12.1 Å². The molecule has 0 bridgehead atoms. The molecule has 2 heterocycles. The Kier molecular flexibility index (Phi) is 8.68. The molecule has 1 fully saturated rings. The summed E-state index contributed by atoms with van der Waals surface area (Å²) in [6, 6.07) is 14.1. The van der Waals surface area contributed by atoms with Crippen LogP contribution in [0.15, 0.2) is 78.0 Å². The summed E-state index contributed by atoms with van der Waals surface area (Å²) in [5, 5.41) is 6.61. The highest BCUT2D eigenvalue weighted by Gasteiger charge is 2.40. The second-order valence-corrected chi connectivity index (χ2v) is 10.3. The van der Waals surface area contributed by atoms with Crippen LogP contribution in [0, 0.1) is 6.92 Å². The molecule has 4 aromatic rings. The van der Waals surface area contributed by atoms with E-state index in [4.69, 9.17) is 0 Å². The van der Waals surface area contributed by atoms with Crippen molar-refractivity contribution in [3.63, 3.8) is 0 Å². The van der Waals surface area contributed by atoms with E-state index in [0.717, 1.165) is 34.9 Å². The van der Waals surface area contributed by atoms with Crippen LogP contribution in [0.5, 0.6) is 5.75 Å². The van der Waals surface area contributed by atoms with E-state index in [1.807, 2.05) is 0 Å². The molecule has 1 N–H and O–H groups in total. The molecule has 1 aliphatic rings. The Bertz CT molecular complexity index is 1780. The first-order chi connectivity index (χ1) is 21.2. The lowest BCUT2D eigenvalue weighted by molar-refractivity contribution is -0.274. The zero-order valence-corrected chi connectivity index (χ0v) is 23.7. The second kappa shape index (κ2) is 12.5. The molecule has 232 valence electrons. The molecule has 0 atom stereocenters. The van der Waals surface area contributed by atoms with Gasteiger partial charge in [-0.15, -0.1) is 18.3 Å². The summed E-state index contributed by atoms with van der Waals surface area (Å²) in [7, 11) is 0. The van der Waals surface area contributed by atoms with Crippen LogP contribution >= 0.6 is 11.8 Å². The van der Waals surface area contributed by atoms with Gasteiger partial charge in [-0.3, -0.25) is 9.69 Å². The Balaban J connectivity index is 1.23. The average molecular weight is 647 g/mol. The lowest BCUT2D eigenvalue weighted by Gasteiger charge is -2.21. The number of hydrogen-bond donors (Lipinski definition) is 1. The van der Waals surface area contributed by atoms with E-state index in [9.17, 15) is 35.9 Å². The number of aromatic nitrogens is 3. The van der Waals surface area contributed by atoms with Gasteiger partial charge in [0.25, 0.3) is 0 Å². The summed E-state index contributed by atoms with van der Waals surface area (Å²) in [6.07, 6.45) is -4.84. The van der Waals surface area contributed by atoms with Crippen molar-refractivity contribution in [1.29, 1.82) is 0 Å². The normalized spacial score (nSPS) is 14.9. The third-order valence-corrected chi connectivity index (χ3v) is 7.02. The summed E-state index contributed by atoms with van der Waals surface area (Å²) in [5.41, 5.74) is 0.589. The number of thioether (sulfide) groups is 1. The monoisotopic (exact) mass is 646 g/mol. The molecule has 0 saturated carbocycles. The molecule has 0 unspecified atom stereocenters. The number of hydrogen-bond acceptors (Lipinski definition) is 6. The SMILES string of the molecule is Cc1ccc(C(F)(F)F)c(N2C(=O)CS/C2=N\C(=O)Nc2ccc(/C=C/c3ncn(-c4ccc(OC(F)(F)F)cc4)n3)cc2)c1.